The molecule has 5 nitrogen and oxygen atoms in total. The first kappa shape index (κ1) is 12.7. The molecule has 0 saturated carbocycles. The van der Waals surface area contributed by atoms with Crippen LogP contribution in [0.2, 0.25) is 0 Å². The number of ether oxygens (including phenoxy) is 1. The molecule has 96 valence electrons. The minimum atomic E-state index is -0.426. The van der Waals surface area contributed by atoms with E-state index >= 15 is 0 Å². The lowest BCUT2D eigenvalue weighted by molar-refractivity contribution is 0.0589. The summed E-state index contributed by atoms with van der Waals surface area (Å²) < 4.78 is 6.43. The van der Waals surface area contributed by atoms with Gasteiger partial charge in [-0.15, -0.1) is 0 Å². The number of carbonyl (C=O) groups is 1. The molecule has 1 aromatic carbocycles. The topological polar surface area (TPSA) is 81.0 Å². The van der Waals surface area contributed by atoms with E-state index in [1.54, 1.807) is 29.0 Å². The fraction of sp³-hybridized carbons (Fsp3) is 0.143. The van der Waals surface area contributed by atoms with Crippen LogP contribution in [0.4, 0.5) is 5.69 Å². The predicted octanol–water partition coefficient (Wildman–Crippen LogP) is 1.78. The molecule has 0 atom stereocenters. The third kappa shape index (κ3) is 2.75. The Kier molecular flexibility index (Phi) is 3.53. The zero-order chi connectivity index (χ0) is 13.8. The maximum Gasteiger partial charge on any atom is 0.354 e. The van der Waals surface area contributed by atoms with Gasteiger partial charge in [-0.3, -0.25) is 0 Å². The molecule has 5 heteroatoms. The lowest BCUT2D eigenvalue weighted by Crippen LogP contribution is -2.10. The Hall–Kier alpha value is -2.74. The molecule has 1 aromatic heterocycles. The minimum Gasteiger partial charge on any atom is -0.464 e. The van der Waals surface area contributed by atoms with Gasteiger partial charge >= 0.3 is 5.97 Å². The standard InChI is InChI=1S/C14H13N3O2/c1-19-14(18)13-6-12(16)9-17(13)8-11-4-2-10(7-15)3-5-11/h2-6,9H,8,16H2,1H3. The molecular formula is C14H13N3O2. The van der Waals surface area contributed by atoms with Crippen LogP contribution >= 0.6 is 0 Å². The number of carbonyl (C=O) groups excluding carboxylic acids is 1. The summed E-state index contributed by atoms with van der Waals surface area (Å²) in [7, 11) is 1.33. The molecule has 2 N–H and O–H groups in total. The SMILES string of the molecule is COC(=O)c1cc(N)cn1Cc1ccc(C#N)cc1. The fourth-order valence-electron chi connectivity index (χ4n) is 1.82. The third-order valence-corrected chi connectivity index (χ3v) is 2.75. The van der Waals surface area contributed by atoms with Crippen molar-refractivity contribution in [1.82, 2.24) is 4.57 Å². The van der Waals surface area contributed by atoms with E-state index in [-0.39, 0.29) is 0 Å². The quantitative estimate of drug-likeness (QED) is 0.847. The normalized spacial score (nSPS) is 9.89. The summed E-state index contributed by atoms with van der Waals surface area (Å²) in [5.74, 6) is -0.426. The molecule has 2 rings (SSSR count). The van der Waals surface area contributed by atoms with Crippen LogP contribution in [0.15, 0.2) is 36.5 Å². The van der Waals surface area contributed by atoms with Crippen LogP contribution in [0.1, 0.15) is 21.6 Å². The maximum absolute atomic E-state index is 11.6. The summed E-state index contributed by atoms with van der Waals surface area (Å²) in [6, 6.07) is 10.8. The van der Waals surface area contributed by atoms with Crippen molar-refractivity contribution in [2.75, 3.05) is 12.8 Å². The summed E-state index contributed by atoms with van der Waals surface area (Å²) in [4.78, 5) is 11.6. The van der Waals surface area contributed by atoms with Gasteiger partial charge in [-0.1, -0.05) is 12.1 Å². The van der Waals surface area contributed by atoms with Crippen LogP contribution in [0.5, 0.6) is 0 Å². The van der Waals surface area contributed by atoms with Crippen molar-refractivity contribution in [2.45, 2.75) is 6.54 Å². The van der Waals surface area contributed by atoms with E-state index in [1.165, 1.54) is 7.11 Å². The van der Waals surface area contributed by atoms with Crippen LogP contribution in [0, 0.1) is 11.3 Å². The zero-order valence-corrected chi connectivity index (χ0v) is 10.5. The molecule has 0 spiro atoms. The van der Waals surface area contributed by atoms with E-state index in [9.17, 15) is 4.79 Å². The molecule has 0 aliphatic carbocycles. The Morgan fingerprint density at radius 3 is 2.68 bits per heavy atom. The van der Waals surface area contributed by atoms with Gasteiger partial charge in [0.05, 0.1) is 24.4 Å². The minimum absolute atomic E-state index is 0.407. The number of hydrogen-bond acceptors (Lipinski definition) is 4. The number of anilines is 1. The van der Waals surface area contributed by atoms with E-state index < -0.39 is 5.97 Å². The van der Waals surface area contributed by atoms with Gasteiger partial charge in [0.25, 0.3) is 0 Å². The number of benzene rings is 1. The van der Waals surface area contributed by atoms with Gasteiger partial charge in [0.15, 0.2) is 0 Å². The Bertz CT molecular complexity index is 636. The summed E-state index contributed by atoms with van der Waals surface area (Å²) in [5.41, 5.74) is 8.19. The van der Waals surface area contributed by atoms with Crippen molar-refractivity contribution in [1.29, 1.82) is 5.26 Å². The van der Waals surface area contributed by atoms with Crippen LogP contribution in [-0.2, 0) is 11.3 Å². The first-order valence-corrected chi connectivity index (χ1v) is 5.67. The Morgan fingerprint density at radius 1 is 1.42 bits per heavy atom. The Labute approximate surface area is 110 Å². The second-order valence-corrected chi connectivity index (χ2v) is 4.09. The molecule has 0 saturated heterocycles. The van der Waals surface area contributed by atoms with Crippen molar-refractivity contribution in [2.24, 2.45) is 0 Å². The summed E-state index contributed by atoms with van der Waals surface area (Å²) in [6.07, 6.45) is 1.68. The molecule has 2 aromatic rings. The smallest absolute Gasteiger partial charge is 0.354 e. The number of aromatic nitrogens is 1. The van der Waals surface area contributed by atoms with Gasteiger partial charge in [-0.05, 0) is 23.8 Å². The number of hydrogen-bond donors (Lipinski definition) is 1. The number of nitrogen functional groups attached to an aromatic ring is 1. The molecule has 1 heterocycles. The lowest BCUT2D eigenvalue weighted by Gasteiger charge is -2.07. The van der Waals surface area contributed by atoms with E-state index in [0.717, 1.165) is 5.56 Å². The van der Waals surface area contributed by atoms with Crippen LogP contribution < -0.4 is 5.73 Å². The van der Waals surface area contributed by atoms with Gasteiger partial charge in [0, 0.05) is 12.7 Å². The highest BCUT2D eigenvalue weighted by atomic mass is 16.5. The average molecular weight is 255 g/mol. The van der Waals surface area contributed by atoms with E-state index in [2.05, 4.69) is 6.07 Å². The summed E-state index contributed by atoms with van der Waals surface area (Å²) in [6.45, 7) is 0.493. The molecule has 0 radical (unpaired) electrons. The molecule has 0 bridgehead atoms. The van der Waals surface area contributed by atoms with Gasteiger partial charge in [0.2, 0.25) is 0 Å². The first-order chi connectivity index (χ1) is 9.13. The second-order valence-electron chi connectivity index (χ2n) is 4.09. The molecule has 0 unspecified atom stereocenters. The van der Waals surface area contributed by atoms with Crippen LogP contribution in [0.25, 0.3) is 0 Å². The van der Waals surface area contributed by atoms with Crippen molar-refractivity contribution in [3.63, 3.8) is 0 Å². The summed E-state index contributed by atoms with van der Waals surface area (Å²) >= 11 is 0. The first-order valence-electron chi connectivity index (χ1n) is 5.67. The van der Waals surface area contributed by atoms with Crippen LogP contribution in [-0.4, -0.2) is 17.6 Å². The predicted molar refractivity (Wildman–Crippen MR) is 70.4 cm³/mol. The van der Waals surface area contributed by atoms with Gasteiger partial charge in [-0.25, -0.2) is 4.79 Å². The number of rotatable bonds is 3. The highest BCUT2D eigenvalue weighted by Gasteiger charge is 2.13. The van der Waals surface area contributed by atoms with Gasteiger partial charge < -0.3 is 15.0 Å². The number of nitrogens with two attached hydrogens (primary N) is 1. The molecule has 19 heavy (non-hydrogen) atoms. The monoisotopic (exact) mass is 255 g/mol. The molecule has 0 aliphatic rings. The van der Waals surface area contributed by atoms with E-state index in [4.69, 9.17) is 15.7 Å². The Balaban J connectivity index is 2.27. The fourth-order valence-corrected chi connectivity index (χ4v) is 1.82. The zero-order valence-electron chi connectivity index (χ0n) is 10.5. The maximum atomic E-state index is 11.6. The third-order valence-electron chi connectivity index (χ3n) is 2.75. The van der Waals surface area contributed by atoms with Crippen molar-refractivity contribution in [3.05, 3.63) is 53.3 Å². The van der Waals surface area contributed by atoms with Crippen molar-refractivity contribution in [3.8, 4) is 6.07 Å². The van der Waals surface area contributed by atoms with Crippen LogP contribution in [0.3, 0.4) is 0 Å². The largest absolute Gasteiger partial charge is 0.464 e. The number of nitriles is 1. The highest BCUT2D eigenvalue weighted by molar-refractivity contribution is 5.89. The number of nitrogens with zero attached hydrogens (tertiary/aromatic N) is 2. The number of methoxy groups -OCH3 is 1. The molecule has 0 aliphatic heterocycles. The van der Waals surface area contributed by atoms with Crippen molar-refractivity contribution < 1.29 is 9.53 Å². The molecule has 0 fully saturated rings. The van der Waals surface area contributed by atoms with Gasteiger partial charge in [0.1, 0.15) is 5.69 Å². The average Bonchev–Trinajstić information content (AvgIpc) is 2.79. The number of esters is 1. The second kappa shape index (κ2) is 5.27. The molecular weight excluding hydrogens is 242 g/mol. The summed E-state index contributed by atoms with van der Waals surface area (Å²) in [5, 5.41) is 8.74. The lowest BCUT2D eigenvalue weighted by atomic mass is 10.1. The van der Waals surface area contributed by atoms with Gasteiger partial charge in [-0.2, -0.15) is 5.26 Å². The highest BCUT2D eigenvalue weighted by Crippen LogP contribution is 2.14. The van der Waals surface area contributed by atoms with E-state index in [0.29, 0.717) is 23.5 Å². The Morgan fingerprint density at radius 2 is 2.11 bits per heavy atom. The van der Waals surface area contributed by atoms with Crippen molar-refractivity contribution >= 4 is 11.7 Å². The molecule has 0 amide bonds. The van der Waals surface area contributed by atoms with E-state index in [1.807, 2.05) is 12.1 Å².